The number of ether oxygens (including phenoxy) is 2. The zero-order valence-electron chi connectivity index (χ0n) is 15.8. The number of thiazole rings is 1. The normalized spacial score (nSPS) is 20.1. The minimum Gasteiger partial charge on any atom is -0.493 e. The van der Waals surface area contributed by atoms with E-state index in [1.807, 2.05) is 30.0 Å². The molecule has 2 heterocycles. The van der Waals surface area contributed by atoms with Crippen molar-refractivity contribution in [3.05, 3.63) is 28.8 Å². The summed E-state index contributed by atoms with van der Waals surface area (Å²) in [7, 11) is 3.22. The molecule has 0 radical (unpaired) electrons. The summed E-state index contributed by atoms with van der Waals surface area (Å²) >= 11 is 1.43. The van der Waals surface area contributed by atoms with Gasteiger partial charge in [0.1, 0.15) is 9.88 Å². The van der Waals surface area contributed by atoms with Crippen LogP contribution in [0.25, 0.3) is 10.6 Å². The molecule has 1 fully saturated rings. The van der Waals surface area contributed by atoms with E-state index >= 15 is 0 Å². The van der Waals surface area contributed by atoms with Crippen LogP contribution in [0, 0.1) is 6.92 Å². The molecule has 1 aromatic heterocycles. The molecule has 1 N–H and O–H groups in total. The molecule has 1 aromatic carbocycles. The van der Waals surface area contributed by atoms with Crippen molar-refractivity contribution < 1.29 is 14.3 Å². The van der Waals surface area contributed by atoms with Gasteiger partial charge < -0.3 is 19.7 Å². The minimum atomic E-state index is 0.0626. The first-order chi connectivity index (χ1) is 12.5. The molecule has 140 valence electrons. The maximum atomic E-state index is 13.1. The molecule has 7 heteroatoms. The van der Waals surface area contributed by atoms with Crippen LogP contribution in [0.4, 0.5) is 0 Å². The number of benzene rings is 1. The lowest BCUT2D eigenvalue weighted by molar-refractivity contribution is 0.0607. The number of piperazine rings is 1. The topological polar surface area (TPSA) is 63.7 Å². The van der Waals surface area contributed by atoms with Crippen LogP contribution in [0.15, 0.2) is 18.2 Å². The van der Waals surface area contributed by atoms with Crippen LogP contribution in [0.3, 0.4) is 0 Å². The highest BCUT2D eigenvalue weighted by Gasteiger charge is 2.31. The predicted octanol–water partition coefficient (Wildman–Crippen LogP) is 2.96. The quantitative estimate of drug-likeness (QED) is 0.890. The van der Waals surface area contributed by atoms with Crippen molar-refractivity contribution in [2.24, 2.45) is 0 Å². The summed E-state index contributed by atoms with van der Waals surface area (Å²) in [6.07, 6.45) is 0. The Balaban J connectivity index is 1.91. The fourth-order valence-electron chi connectivity index (χ4n) is 3.16. The summed E-state index contributed by atoms with van der Waals surface area (Å²) in [5.74, 6) is 1.38. The van der Waals surface area contributed by atoms with Crippen LogP contribution in [0.5, 0.6) is 11.5 Å². The van der Waals surface area contributed by atoms with E-state index in [9.17, 15) is 4.79 Å². The van der Waals surface area contributed by atoms with Crippen LogP contribution >= 0.6 is 11.3 Å². The Bertz CT molecular complexity index is 805. The molecular weight excluding hydrogens is 350 g/mol. The van der Waals surface area contributed by atoms with Gasteiger partial charge in [-0.2, -0.15) is 0 Å². The summed E-state index contributed by atoms with van der Waals surface area (Å²) < 4.78 is 10.7. The van der Waals surface area contributed by atoms with Crippen molar-refractivity contribution in [1.82, 2.24) is 15.2 Å². The predicted molar refractivity (Wildman–Crippen MR) is 103 cm³/mol. The van der Waals surface area contributed by atoms with Gasteiger partial charge in [0.25, 0.3) is 5.91 Å². The van der Waals surface area contributed by atoms with Gasteiger partial charge in [0.2, 0.25) is 0 Å². The molecule has 1 saturated heterocycles. The second-order valence-electron chi connectivity index (χ2n) is 6.49. The standard InChI is InChI=1S/C19H25N3O3S/c1-11-13(3)22(9-8-20-11)19(23)17-12(2)21-18(26-17)14-6-7-15(24-4)16(10-14)25-5/h6-7,10-11,13,20H,8-9H2,1-5H3. The first-order valence-electron chi connectivity index (χ1n) is 8.70. The minimum absolute atomic E-state index is 0.0626. The highest BCUT2D eigenvalue weighted by Crippen LogP contribution is 2.35. The van der Waals surface area contributed by atoms with E-state index in [4.69, 9.17) is 9.47 Å². The molecule has 2 atom stereocenters. The maximum Gasteiger partial charge on any atom is 0.266 e. The number of methoxy groups -OCH3 is 2. The van der Waals surface area contributed by atoms with Crippen molar-refractivity contribution >= 4 is 17.2 Å². The molecular formula is C19H25N3O3S. The fourth-order valence-corrected chi connectivity index (χ4v) is 4.18. The number of nitrogens with zero attached hydrogens (tertiary/aromatic N) is 2. The van der Waals surface area contributed by atoms with Crippen molar-refractivity contribution in [2.45, 2.75) is 32.9 Å². The summed E-state index contributed by atoms with van der Waals surface area (Å²) in [4.78, 5) is 20.3. The molecule has 0 bridgehead atoms. The molecule has 6 nitrogen and oxygen atoms in total. The molecule has 2 unspecified atom stereocenters. The third-order valence-electron chi connectivity index (χ3n) is 4.92. The maximum absolute atomic E-state index is 13.1. The second kappa shape index (κ2) is 7.63. The molecule has 3 rings (SSSR count). The zero-order chi connectivity index (χ0) is 18.8. The fraction of sp³-hybridized carbons (Fsp3) is 0.474. The molecule has 0 spiro atoms. The number of carbonyl (C=O) groups excluding carboxylic acids is 1. The molecule has 0 saturated carbocycles. The van der Waals surface area contributed by atoms with E-state index in [-0.39, 0.29) is 18.0 Å². The number of aromatic nitrogens is 1. The molecule has 0 aliphatic carbocycles. The van der Waals surface area contributed by atoms with Gasteiger partial charge in [-0.25, -0.2) is 4.98 Å². The molecule has 1 aliphatic heterocycles. The Labute approximate surface area is 158 Å². The third-order valence-corrected chi connectivity index (χ3v) is 6.11. The lowest BCUT2D eigenvalue weighted by atomic mass is 10.1. The summed E-state index contributed by atoms with van der Waals surface area (Å²) in [5.41, 5.74) is 1.68. The van der Waals surface area contributed by atoms with E-state index < -0.39 is 0 Å². The number of aryl methyl sites for hydroxylation is 1. The summed E-state index contributed by atoms with van der Waals surface area (Å²) in [5, 5.41) is 4.21. The second-order valence-corrected chi connectivity index (χ2v) is 7.48. The smallest absolute Gasteiger partial charge is 0.266 e. The highest BCUT2D eigenvalue weighted by molar-refractivity contribution is 7.17. The monoisotopic (exact) mass is 375 g/mol. The van der Waals surface area contributed by atoms with Gasteiger partial charge in [0, 0.05) is 30.7 Å². The van der Waals surface area contributed by atoms with E-state index in [1.165, 1.54) is 11.3 Å². The van der Waals surface area contributed by atoms with Crippen LogP contribution in [-0.4, -0.2) is 55.2 Å². The van der Waals surface area contributed by atoms with Crippen molar-refractivity contribution in [3.63, 3.8) is 0 Å². The number of hydrogen-bond donors (Lipinski definition) is 1. The van der Waals surface area contributed by atoms with Gasteiger partial charge in [-0.15, -0.1) is 11.3 Å². The van der Waals surface area contributed by atoms with Gasteiger partial charge in [-0.3, -0.25) is 4.79 Å². The van der Waals surface area contributed by atoms with E-state index in [1.54, 1.807) is 14.2 Å². The Kier molecular flexibility index (Phi) is 5.48. The first-order valence-corrected chi connectivity index (χ1v) is 9.52. The van der Waals surface area contributed by atoms with E-state index in [0.717, 1.165) is 22.8 Å². The Hall–Kier alpha value is -2.12. The SMILES string of the molecule is COc1ccc(-c2nc(C)c(C(=O)N3CCNC(C)C3C)s2)cc1OC. The molecule has 2 aromatic rings. The van der Waals surface area contributed by atoms with Gasteiger partial charge in [0.15, 0.2) is 11.5 Å². The Morgan fingerprint density at radius 1 is 1.27 bits per heavy atom. The Morgan fingerprint density at radius 2 is 2.00 bits per heavy atom. The number of amides is 1. The van der Waals surface area contributed by atoms with Gasteiger partial charge >= 0.3 is 0 Å². The largest absolute Gasteiger partial charge is 0.493 e. The van der Waals surface area contributed by atoms with Crippen LogP contribution in [0.1, 0.15) is 29.2 Å². The van der Waals surface area contributed by atoms with Crippen molar-refractivity contribution in [3.8, 4) is 22.1 Å². The first kappa shape index (κ1) is 18.7. The summed E-state index contributed by atoms with van der Waals surface area (Å²) in [6.45, 7) is 7.62. The lowest BCUT2D eigenvalue weighted by Crippen LogP contribution is -2.57. The van der Waals surface area contributed by atoms with Gasteiger partial charge in [-0.1, -0.05) is 0 Å². The molecule has 1 amide bonds. The zero-order valence-corrected chi connectivity index (χ0v) is 16.6. The Morgan fingerprint density at radius 3 is 2.69 bits per heavy atom. The van der Waals surface area contributed by atoms with E-state index in [2.05, 4.69) is 24.1 Å². The number of hydrogen-bond acceptors (Lipinski definition) is 6. The van der Waals surface area contributed by atoms with Gasteiger partial charge in [-0.05, 0) is 39.0 Å². The van der Waals surface area contributed by atoms with Crippen molar-refractivity contribution in [1.29, 1.82) is 0 Å². The third kappa shape index (κ3) is 3.41. The molecule has 1 aliphatic rings. The van der Waals surface area contributed by atoms with Crippen LogP contribution < -0.4 is 14.8 Å². The average molecular weight is 375 g/mol. The number of rotatable bonds is 4. The number of carbonyl (C=O) groups is 1. The summed E-state index contributed by atoms with van der Waals surface area (Å²) in [6, 6.07) is 6.12. The van der Waals surface area contributed by atoms with Crippen molar-refractivity contribution in [2.75, 3.05) is 27.3 Å². The van der Waals surface area contributed by atoms with Crippen LogP contribution in [0.2, 0.25) is 0 Å². The molecule has 26 heavy (non-hydrogen) atoms. The highest BCUT2D eigenvalue weighted by atomic mass is 32.1. The lowest BCUT2D eigenvalue weighted by Gasteiger charge is -2.38. The average Bonchev–Trinajstić information content (AvgIpc) is 3.04. The van der Waals surface area contributed by atoms with Crippen LogP contribution in [-0.2, 0) is 0 Å². The van der Waals surface area contributed by atoms with Gasteiger partial charge in [0.05, 0.1) is 19.9 Å². The number of nitrogens with one attached hydrogen (secondary N) is 1. The van der Waals surface area contributed by atoms with E-state index in [0.29, 0.717) is 22.9 Å².